The van der Waals surface area contributed by atoms with E-state index in [4.69, 9.17) is 9.97 Å². The van der Waals surface area contributed by atoms with Gasteiger partial charge in [-0.25, -0.2) is 9.97 Å². The van der Waals surface area contributed by atoms with Gasteiger partial charge in [0.15, 0.2) is 5.82 Å². The zero-order valence-corrected chi connectivity index (χ0v) is 33.7. The Balaban J connectivity index is 0.993. The van der Waals surface area contributed by atoms with Crippen molar-refractivity contribution >= 4 is 43.6 Å². The number of fused-ring (bicyclic) bond motifs is 7. The number of hydrogen-bond donors (Lipinski definition) is 0. The number of hydrogen-bond acceptors (Lipinski definition) is 2. The molecule has 0 amide bonds. The normalized spacial score (nSPS) is 11.5. The van der Waals surface area contributed by atoms with Crippen LogP contribution in [0.1, 0.15) is 0 Å². The third-order valence-corrected chi connectivity index (χ3v) is 12.2. The highest BCUT2D eigenvalue weighted by molar-refractivity contribution is 6.26. The van der Waals surface area contributed by atoms with Crippen molar-refractivity contribution in [3.8, 4) is 67.5 Å². The molecule has 0 saturated heterocycles. The average molecular weight is 791 g/mol. The molecule has 4 heteroatoms. The highest BCUT2D eigenvalue weighted by Gasteiger charge is 2.21. The maximum Gasteiger partial charge on any atom is 0.160 e. The molecule has 0 aliphatic rings. The fourth-order valence-corrected chi connectivity index (χ4v) is 9.19. The number of benzene rings is 9. The van der Waals surface area contributed by atoms with Gasteiger partial charge in [-0.1, -0.05) is 182 Å². The van der Waals surface area contributed by atoms with Crippen LogP contribution in [0.2, 0.25) is 0 Å². The molecular weight excluding hydrogens is 753 g/mol. The monoisotopic (exact) mass is 790 g/mol. The minimum Gasteiger partial charge on any atom is -0.309 e. The lowest BCUT2D eigenvalue weighted by Crippen LogP contribution is -1.97. The highest BCUT2D eigenvalue weighted by atomic mass is 15.0. The summed E-state index contributed by atoms with van der Waals surface area (Å²) in [6.45, 7) is 0. The molecule has 0 saturated carbocycles. The van der Waals surface area contributed by atoms with E-state index < -0.39 is 0 Å². The van der Waals surface area contributed by atoms with E-state index >= 15 is 0 Å². The molecule has 0 aliphatic heterocycles. The van der Waals surface area contributed by atoms with E-state index in [1.165, 1.54) is 49.3 Å². The number of aromatic nitrogens is 4. The predicted molar refractivity (Wildman–Crippen MR) is 258 cm³/mol. The molecule has 12 aromatic rings. The van der Waals surface area contributed by atoms with Crippen LogP contribution < -0.4 is 0 Å². The van der Waals surface area contributed by atoms with Crippen LogP contribution >= 0.6 is 0 Å². The lowest BCUT2D eigenvalue weighted by molar-refractivity contribution is 1.17. The molecule has 0 aliphatic carbocycles. The fraction of sp³-hybridized carbons (Fsp3) is 0. The molecule has 0 radical (unpaired) electrons. The van der Waals surface area contributed by atoms with Gasteiger partial charge in [-0.15, -0.1) is 0 Å². The van der Waals surface area contributed by atoms with Gasteiger partial charge in [0.1, 0.15) is 0 Å². The molecule has 290 valence electrons. The van der Waals surface area contributed by atoms with Crippen LogP contribution in [0.4, 0.5) is 0 Å². The van der Waals surface area contributed by atoms with E-state index in [9.17, 15) is 0 Å². The molecule has 0 fully saturated rings. The summed E-state index contributed by atoms with van der Waals surface area (Å²) in [6, 6.07) is 82.0. The van der Waals surface area contributed by atoms with Crippen LogP contribution in [0.3, 0.4) is 0 Å². The van der Waals surface area contributed by atoms with Crippen LogP contribution in [0.15, 0.2) is 231 Å². The summed E-state index contributed by atoms with van der Waals surface area (Å²) in [4.78, 5) is 10.4. The lowest BCUT2D eigenvalue weighted by Gasteiger charge is -2.12. The molecule has 9 aromatic carbocycles. The minimum atomic E-state index is 0.688. The van der Waals surface area contributed by atoms with E-state index in [-0.39, 0.29) is 0 Å². The first-order chi connectivity index (χ1) is 30.7. The fourth-order valence-electron chi connectivity index (χ4n) is 9.19. The molecule has 4 nitrogen and oxygen atoms in total. The van der Waals surface area contributed by atoms with Crippen molar-refractivity contribution < 1.29 is 0 Å². The first-order valence-electron chi connectivity index (χ1n) is 21.1. The van der Waals surface area contributed by atoms with Gasteiger partial charge in [0, 0.05) is 49.6 Å². The quantitative estimate of drug-likeness (QED) is 0.161. The molecule has 62 heavy (non-hydrogen) atoms. The molecule has 0 atom stereocenters. The summed E-state index contributed by atoms with van der Waals surface area (Å²) in [5.41, 5.74) is 16.4. The van der Waals surface area contributed by atoms with Crippen molar-refractivity contribution in [2.24, 2.45) is 0 Å². The SMILES string of the molecule is c1ccc(-c2ccc(-c3cc(-c4ccc(-n5c6ccccc6c6c5ccc5c7ccccc7n(-c7ccccc7)c56)cc4)nc(-c4ccc(-c5ccccc5)cc4)n3)cc2)cc1. The van der Waals surface area contributed by atoms with Gasteiger partial charge in [-0.2, -0.15) is 0 Å². The number of rotatable bonds is 7. The van der Waals surface area contributed by atoms with Gasteiger partial charge in [-0.05, 0) is 70.8 Å². The molecule has 0 spiro atoms. The van der Waals surface area contributed by atoms with Crippen molar-refractivity contribution in [2.75, 3.05) is 0 Å². The van der Waals surface area contributed by atoms with Gasteiger partial charge in [-0.3, -0.25) is 0 Å². The topological polar surface area (TPSA) is 35.6 Å². The summed E-state index contributed by atoms with van der Waals surface area (Å²) in [5.74, 6) is 0.688. The third-order valence-electron chi connectivity index (χ3n) is 12.2. The van der Waals surface area contributed by atoms with E-state index in [1.807, 2.05) is 12.1 Å². The van der Waals surface area contributed by atoms with Gasteiger partial charge in [0.2, 0.25) is 0 Å². The zero-order valence-electron chi connectivity index (χ0n) is 33.7. The van der Waals surface area contributed by atoms with E-state index in [0.717, 1.165) is 56.0 Å². The van der Waals surface area contributed by atoms with Crippen molar-refractivity contribution in [2.45, 2.75) is 0 Å². The van der Waals surface area contributed by atoms with Crippen LogP contribution in [0, 0.1) is 0 Å². The third kappa shape index (κ3) is 6.00. The summed E-state index contributed by atoms with van der Waals surface area (Å²) < 4.78 is 4.84. The summed E-state index contributed by atoms with van der Waals surface area (Å²) in [7, 11) is 0. The number of para-hydroxylation sites is 3. The Hall–Kier alpha value is -8.34. The molecule has 0 N–H and O–H groups in total. The Bertz CT molecular complexity index is 3470. The van der Waals surface area contributed by atoms with E-state index in [1.54, 1.807) is 0 Å². The van der Waals surface area contributed by atoms with E-state index in [2.05, 4.69) is 228 Å². The van der Waals surface area contributed by atoms with Gasteiger partial charge >= 0.3 is 0 Å². The Morgan fingerprint density at radius 3 is 1.31 bits per heavy atom. The maximum atomic E-state index is 5.23. The molecule has 12 rings (SSSR count). The average Bonchev–Trinajstić information content (AvgIpc) is 3.88. The second-order valence-corrected chi connectivity index (χ2v) is 15.8. The molecule has 3 heterocycles. The van der Waals surface area contributed by atoms with Crippen molar-refractivity contribution in [3.63, 3.8) is 0 Å². The Kier molecular flexibility index (Phi) is 8.46. The van der Waals surface area contributed by atoms with Crippen molar-refractivity contribution in [1.82, 2.24) is 19.1 Å². The summed E-state index contributed by atoms with van der Waals surface area (Å²) in [6.07, 6.45) is 0. The van der Waals surface area contributed by atoms with Crippen molar-refractivity contribution in [3.05, 3.63) is 231 Å². The Morgan fingerprint density at radius 1 is 0.274 bits per heavy atom. The second-order valence-electron chi connectivity index (χ2n) is 15.8. The second kappa shape index (κ2) is 14.7. The highest BCUT2D eigenvalue weighted by Crippen LogP contribution is 2.42. The van der Waals surface area contributed by atoms with Gasteiger partial charge in [0.05, 0.1) is 33.5 Å². The molecule has 0 bridgehead atoms. The summed E-state index contributed by atoms with van der Waals surface area (Å²) in [5, 5.41) is 4.95. The predicted octanol–water partition coefficient (Wildman–Crippen LogP) is 15.0. The summed E-state index contributed by atoms with van der Waals surface area (Å²) >= 11 is 0. The molecule has 3 aromatic heterocycles. The first kappa shape index (κ1) is 35.6. The largest absolute Gasteiger partial charge is 0.309 e. The smallest absolute Gasteiger partial charge is 0.160 e. The molecule has 0 unspecified atom stereocenters. The van der Waals surface area contributed by atoms with Gasteiger partial charge in [0.25, 0.3) is 0 Å². The Morgan fingerprint density at radius 2 is 0.710 bits per heavy atom. The van der Waals surface area contributed by atoms with Gasteiger partial charge < -0.3 is 9.13 Å². The lowest BCUT2D eigenvalue weighted by atomic mass is 10.0. The van der Waals surface area contributed by atoms with Crippen LogP contribution in [0.5, 0.6) is 0 Å². The van der Waals surface area contributed by atoms with Crippen LogP contribution in [-0.4, -0.2) is 19.1 Å². The molecular formula is C58H38N4. The maximum absolute atomic E-state index is 5.23. The van der Waals surface area contributed by atoms with E-state index in [0.29, 0.717) is 5.82 Å². The standard InChI is InChI=1S/C58H38N4/c1-4-14-39(15-5-1)41-24-28-43(29-25-41)51-38-52(60-58(59-51)45-30-26-42(27-31-45)40-16-6-2-7-17-40)44-32-34-47(35-33-44)61-54-23-13-11-21-50(54)56-55(61)37-36-49-48-20-10-12-22-53(48)62(57(49)56)46-18-8-3-9-19-46/h1-38H. The number of nitrogens with zero attached hydrogens (tertiary/aromatic N) is 4. The van der Waals surface area contributed by atoms with Crippen molar-refractivity contribution in [1.29, 1.82) is 0 Å². The zero-order chi connectivity index (χ0) is 41.0. The van der Waals surface area contributed by atoms with Crippen LogP contribution in [0.25, 0.3) is 111 Å². The van der Waals surface area contributed by atoms with Crippen LogP contribution in [-0.2, 0) is 0 Å². The minimum absolute atomic E-state index is 0.688. The first-order valence-corrected chi connectivity index (χ1v) is 21.1. The Labute approximate surface area is 359 Å².